The van der Waals surface area contributed by atoms with E-state index in [1.165, 1.54) is 0 Å². The van der Waals surface area contributed by atoms with Gasteiger partial charge in [-0.3, -0.25) is 0 Å². The zero-order chi connectivity index (χ0) is 12.1. The minimum Gasteiger partial charge on any atom is -0.381 e. The van der Waals surface area contributed by atoms with Crippen molar-refractivity contribution in [2.45, 2.75) is 6.54 Å². The Morgan fingerprint density at radius 2 is 2.41 bits per heavy atom. The first-order chi connectivity index (χ1) is 8.31. The Hall–Kier alpha value is -2.47. The van der Waals surface area contributed by atoms with Crippen LogP contribution < -0.4 is 5.32 Å². The summed E-state index contributed by atoms with van der Waals surface area (Å²) in [7, 11) is 0. The van der Waals surface area contributed by atoms with Gasteiger partial charge in [-0.1, -0.05) is 18.6 Å². The lowest BCUT2D eigenvalue weighted by Gasteiger charge is -2.04. The van der Waals surface area contributed by atoms with E-state index in [-0.39, 0.29) is 0 Å². The molecule has 0 amide bonds. The van der Waals surface area contributed by atoms with Gasteiger partial charge in [-0.05, 0) is 18.2 Å². The molecule has 0 fully saturated rings. The minimum absolute atomic E-state index is 0.710. The first kappa shape index (κ1) is 11.0. The van der Waals surface area contributed by atoms with Crippen LogP contribution in [-0.4, -0.2) is 9.78 Å². The van der Waals surface area contributed by atoms with E-state index >= 15 is 0 Å². The molecule has 0 bridgehead atoms. The molecule has 0 aliphatic carbocycles. The van der Waals surface area contributed by atoms with Crippen molar-refractivity contribution >= 4 is 11.9 Å². The number of benzene rings is 1. The van der Waals surface area contributed by atoms with Crippen LogP contribution in [0.3, 0.4) is 0 Å². The van der Waals surface area contributed by atoms with Gasteiger partial charge in [0.2, 0.25) is 0 Å². The van der Waals surface area contributed by atoms with Crippen molar-refractivity contribution in [3.05, 3.63) is 54.4 Å². The summed E-state index contributed by atoms with van der Waals surface area (Å²) >= 11 is 0. The SMILES string of the molecule is C#Cc1cccc(NCc2cnn(C=C)c2)c1. The summed E-state index contributed by atoms with van der Waals surface area (Å²) in [5.41, 5.74) is 2.97. The van der Waals surface area contributed by atoms with Crippen molar-refractivity contribution in [1.29, 1.82) is 0 Å². The van der Waals surface area contributed by atoms with E-state index in [9.17, 15) is 0 Å². The smallest absolute Gasteiger partial charge is 0.0543 e. The van der Waals surface area contributed by atoms with Gasteiger partial charge in [0, 0.05) is 35.8 Å². The molecule has 0 radical (unpaired) electrons. The first-order valence-electron chi connectivity index (χ1n) is 5.28. The molecule has 0 atom stereocenters. The molecule has 3 nitrogen and oxygen atoms in total. The van der Waals surface area contributed by atoms with E-state index in [4.69, 9.17) is 6.42 Å². The zero-order valence-corrected chi connectivity index (χ0v) is 9.43. The van der Waals surface area contributed by atoms with Gasteiger partial charge >= 0.3 is 0 Å². The highest BCUT2D eigenvalue weighted by molar-refractivity contribution is 5.50. The molecule has 1 heterocycles. The van der Waals surface area contributed by atoms with Crippen LogP contribution >= 0.6 is 0 Å². The summed E-state index contributed by atoms with van der Waals surface area (Å²) < 4.78 is 1.68. The third-order valence-electron chi connectivity index (χ3n) is 2.37. The quantitative estimate of drug-likeness (QED) is 0.807. The first-order valence-corrected chi connectivity index (χ1v) is 5.28. The number of terminal acetylenes is 1. The van der Waals surface area contributed by atoms with E-state index in [0.29, 0.717) is 6.54 Å². The lowest BCUT2D eigenvalue weighted by molar-refractivity contribution is 0.936. The van der Waals surface area contributed by atoms with Crippen molar-refractivity contribution in [1.82, 2.24) is 9.78 Å². The highest BCUT2D eigenvalue weighted by atomic mass is 15.2. The van der Waals surface area contributed by atoms with Crippen molar-refractivity contribution in [3.8, 4) is 12.3 Å². The Kier molecular flexibility index (Phi) is 3.27. The summed E-state index contributed by atoms with van der Waals surface area (Å²) in [6, 6.07) is 7.77. The standard InChI is InChI=1S/C14H13N3/c1-3-12-6-5-7-14(8-12)15-9-13-10-16-17(4-2)11-13/h1,4-8,10-11,15H,2,9H2. The van der Waals surface area contributed by atoms with Gasteiger partial charge in [-0.2, -0.15) is 5.10 Å². The number of nitrogens with one attached hydrogen (secondary N) is 1. The molecule has 1 aromatic carbocycles. The van der Waals surface area contributed by atoms with E-state index < -0.39 is 0 Å². The van der Waals surface area contributed by atoms with Gasteiger partial charge in [-0.25, -0.2) is 4.68 Å². The summed E-state index contributed by atoms with van der Waals surface area (Å²) in [5, 5.41) is 7.40. The summed E-state index contributed by atoms with van der Waals surface area (Å²) in [6.07, 6.45) is 10.7. The third-order valence-corrected chi connectivity index (χ3v) is 2.37. The minimum atomic E-state index is 0.710. The zero-order valence-electron chi connectivity index (χ0n) is 9.43. The second kappa shape index (κ2) is 5.04. The molecule has 2 aromatic rings. The summed E-state index contributed by atoms with van der Waals surface area (Å²) in [4.78, 5) is 0. The molecular weight excluding hydrogens is 210 g/mol. The van der Waals surface area contributed by atoms with Crippen molar-refractivity contribution in [2.24, 2.45) is 0 Å². The molecule has 0 spiro atoms. The molecule has 2 rings (SSSR count). The Balaban J connectivity index is 2.02. The Labute approximate surface area is 101 Å². The van der Waals surface area contributed by atoms with E-state index in [1.54, 1.807) is 17.1 Å². The molecule has 0 aliphatic heterocycles. The van der Waals surface area contributed by atoms with Crippen LogP contribution in [0.2, 0.25) is 0 Å². The van der Waals surface area contributed by atoms with Gasteiger partial charge in [0.25, 0.3) is 0 Å². The molecule has 1 aromatic heterocycles. The number of anilines is 1. The van der Waals surface area contributed by atoms with Crippen LogP contribution in [0.1, 0.15) is 11.1 Å². The second-order valence-corrected chi connectivity index (χ2v) is 3.59. The van der Waals surface area contributed by atoms with Gasteiger partial charge in [-0.15, -0.1) is 6.42 Å². The Morgan fingerprint density at radius 1 is 1.53 bits per heavy atom. The summed E-state index contributed by atoms with van der Waals surface area (Å²) in [6.45, 7) is 4.35. The third kappa shape index (κ3) is 2.76. The van der Waals surface area contributed by atoms with Gasteiger partial charge < -0.3 is 5.32 Å². The van der Waals surface area contributed by atoms with Crippen LogP contribution in [0, 0.1) is 12.3 Å². The molecular formula is C14H13N3. The number of nitrogens with zero attached hydrogens (tertiary/aromatic N) is 2. The fourth-order valence-electron chi connectivity index (χ4n) is 1.49. The molecule has 0 aliphatic rings. The number of aromatic nitrogens is 2. The molecule has 0 unspecified atom stereocenters. The average Bonchev–Trinajstić information content (AvgIpc) is 2.84. The van der Waals surface area contributed by atoms with Gasteiger partial charge in [0.1, 0.15) is 0 Å². The maximum Gasteiger partial charge on any atom is 0.0543 e. The Bertz CT molecular complexity index is 561. The van der Waals surface area contributed by atoms with Crippen molar-refractivity contribution in [3.63, 3.8) is 0 Å². The lowest BCUT2D eigenvalue weighted by Crippen LogP contribution is -1.98. The number of hydrogen-bond donors (Lipinski definition) is 1. The summed E-state index contributed by atoms with van der Waals surface area (Å²) in [5.74, 6) is 2.61. The average molecular weight is 223 g/mol. The lowest BCUT2D eigenvalue weighted by atomic mass is 10.2. The highest BCUT2D eigenvalue weighted by Gasteiger charge is 1.97. The molecule has 0 saturated carbocycles. The van der Waals surface area contributed by atoms with Crippen LogP contribution in [-0.2, 0) is 6.54 Å². The van der Waals surface area contributed by atoms with E-state index in [1.807, 2.05) is 30.5 Å². The van der Waals surface area contributed by atoms with Crippen molar-refractivity contribution in [2.75, 3.05) is 5.32 Å². The highest BCUT2D eigenvalue weighted by Crippen LogP contribution is 2.11. The maximum atomic E-state index is 5.35. The van der Waals surface area contributed by atoms with Crippen LogP contribution in [0.4, 0.5) is 5.69 Å². The number of hydrogen-bond acceptors (Lipinski definition) is 2. The molecule has 17 heavy (non-hydrogen) atoms. The predicted molar refractivity (Wildman–Crippen MR) is 70.3 cm³/mol. The predicted octanol–water partition coefficient (Wildman–Crippen LogP) is 2.58. The monoisotopic (exact) mass is 223 g/mol. The normalized spacial score (nSPS) is 9.59. The molecule has 0 saturated heterocycles. The van der Waals surface area contributed by atoms with Gasteiger partial charge in [0.05, 0.1) is 6.20 Å². The fourth-order valence-corrected chi connectivity index (χ4v) is 1.49. The fraction of sp³-hybridized carbons (Fsp3) is 0.0714. The second-order valence-electron chi connectivity index (χ2n) is 3.59. The van der Waals surface area contributed by atoms with Crippen LogP contribution in [0.5, 0.6) is 0 Å². The molecule has 3 heteroatoms. The largest absolute Gasteiger partial charge is 0.381 e. The molecule has 1 N–H and O–H groups in total. The van der Waals surface area contributed by atoms with Crippen LogP contribution in [0.15, 0.2) is 43.2 Å². The van der Waals surface area contributed by atoms with E-state index in [0.717, 1.165) is 16.8 Å². The molecule has 84 valence electrons. The topological polar surface area (TPSA) is 29.9 Å². The van der Waals surface area contributed by atoms with Crippen LogP contribution in [0.25, 0.3) is 6.20 Å². The number of rotatable bonds is 4. The van der Waals surface area contributed by atoms with Crippen molar-refractivity contribution < 1.29 is 0 Å². The van der Waals surface area contributed by atoms with E-state index in [2.05, 4.69) is 22.9 Å². The Morgan fingerprint density at radius 3 is 3.12 bits per heavy atom. The van der Waals surface area contributed by atoms with Gasteiger partial charge in [0.15, 0.2) is 0 Å². The maximum absolute atomic E-state index is 5.35.